The van der Waals surface area contributed by atoms with Crippen LogP contribution in [0.1, 0.15) is 13.8 Å². The van der Waals surface area contributed by atoms with Crippen LogP contribution in [0, 0.1) is 35.6 Å². The Labute approximate surface area is 87.5 Å². The Balaban J connectivity index is -0.0000000600. The monoisotopic (exact) mass is 274 g/mol. The van der Waals surface area contributed by atoms with Crippen LogP contribution in [0.5, 0.6) is 0 Å². The van der Waals surface area contributed by atoms with E-state index in [2.05, 4.69) is 0 Å². The van der Waals surface area contributed by atoms with E-state index in [0.29, 0.717) is 0 Å². The van der Waals surface area contributed by atoms with Gasteiger partial charge in [-0.25, -0.2) is 0 Å². The maximum Gasteiger partial charge on any atom is 3.00 e. The smallest absolute Gasteiger partial charge is 0.876 e. The van der Waals surface area contributed by atoms with Crippen molar-refractivity contribution in [1.82, 2.24) is 0 Å². The van der Waals surface area contributed by atoms with Crippen LogP contribution < -0.4 is 5.11 Å². The Morgan fingerprint density at radius 3 is 1.60 bits per heavy atom. The molecule has 0 aromatic carbocycles. The summed E-state index contributed by atoms with van der Waals surface area (Å²) in [6, 6.07) is 0. The third kappa shape index (κ3) is 23.9. The number of carbonyl (C=O) groups excluding carboxylic acids is 1. The Bertz CT molecular complexity index is 106. The van der Waals surface area contributed by atoms with E-state index in [9.17, 15) is 9.90 Å². The quantitative estimate of drug-likeness (QED) is 0.415. The standard InChI is InChI=1S/C5H8O2.La.2H2O/c1-4(6)3-5(2)7;;;/h3,6H,1-2H3;;2*1H2/q;+3;;/p-1/b4-3-;;;. The number of ketones is 1. The fourth-order valence-corrected chi connectivity index (χ4v) is 0.286. The van der Waals surface area contributed by atoms with Crippen molar-refractivity contribution in [2.24, 2.45) is 0 Å². The van der Waals surface area contributed by atoms with Crippen LogP contribution in [-0.2, 0) is 4.79 Å². The van der Waals surface area contributed by atoms with Crippen molar-refractivity contribution in [1.29, 1.82) is 0 Å². The largest absolute Gasteiger partial charge is 3.00 e. The molecule has 0 fully saturated rings. The van der Waals surface area contributed by atoms with Crippen LogP contribution in [0.3, 0.4) is 0 Å². The molecule has 4 nitrogen and oxygen atoms in total. The predicted molar refractivity (Wildman–Crippen MR) is 31.7 cm³/mol. The predicted octanol–water partition coefficient (Wildman–Crippen LogP) is -1.81. The molecule has 0 spiro atoms. The van der Waals surface area contributed by atoms with E-state index in [0.717, 1.165) is 6.08 Å². The van der Waals surface area contributed by atoms with Crippen molar-refractivity contribution in [2.75, 3.05) is 0 Å². The summed E-state index contributed by atoms with van der Waals surface area (Å²) in [5.74, 6) is -0.375. The van der Waals surface area contributed by atoms with Crippen molar-refractivity contribution in [3.63, 3.8) is 0 Å². The number of hydrogen-bond donors (Lipinski definition) is 0. The van der Waals surface area contributed by atoms with Gasteiger partial charge < -0.3 is 16.1 Å². The van der Waals surface area contributed by atoms with Gasteiger partial charge in [-0.2, -0.15) is 0 Å². The molecule has 56 valence electrons. The van der Waals surface area contributed by atoms with E-state index >= 15 is 0 Å². The van der Waals surface area contributed by atoms with Gasteiger partial charge in [0.15, 0.2) is 5.78 Å². The maximum atomic E-state index is 9.98. The number of hydrogen-bond acceptors (Lipinski definition) is 2. The molecule has 0 amide bonds. The molecule has 0 rings (SSSR count). The first-order chi connectivity index (χ1) is 3.13. The van der Waals surface area contributed by atoms with Crippen LogP contribution in [0.25, 0.3) is 0 Å². The Morgan fingerprint density at radius 1 is 1.30 bits per heavy atom. The average molecular weight is 274 g/mol. The summed E-state index contributed by atoms with van der Waals surface area (Å²) < 4.78 is 0. The topological polar surface area (TPSA) is 103 Å². The summed E-state index contributed by atoms with van der Waals surface area (Å²) in [6.07, 6.45) is 1.06. The summed E-state index contributed by atoms with van der Waals surface area (Å²) in [6.45, 7) is 2.70. The number of carbonyl (C=O) groups is 1. The minimum absolute atomic E-state index is 0. The van der Waals surface area contributed by atoms with E-state index in [1.807, 2.05) is 0 Å². The first-order valence-corrected chi connectivity index (χ1v) is 1.99. The Hall–Kier alpha value is 0.325. The first-order valence-electron chi connectivity index (χ1n) is 1.99. The molecule has 0 heterocycles. The second-order valence-corrected chi connectivity index (χ2v) is 1.37. The van der Waals surface area contributed by atoms with Crippen molar-refractivity contribution < 1.29 is 56.5 Å². The molecule has 0 atom stereocenters. The van der Waals surface area contributed by atoms with Crippen LogP contribution in [-0.4, -0.2) is 16.7 Å². The molecule has 0 bridgehead atoms. The Morgan fingerprint density at radius 2 is 1.60 bits per heavy atom. The van der Waals surface area contributed by atoms with Gasteiger partial charge in [-0.1, -0.05) is 6.92 Å². The van der Waals surface area contributed by atoms with E-state index in [4.69, 9.17) is 0 Å². The zero-order valence-corrected chi connectivity index (χ0v) is 9.60. The van der Waals surface area contributed by atoms with Crippen LogP contribution in [0.15, 0.2) is 11.8 Å². The molecule has 0 aromatic rings. The molecular weight excluding hydrogens is 263 g/mol. The Kier molecular flexibility index (Phi) is 27.0. The van der Waals surface area contributed by atoms with E-state index in [1.165, 1.54) is 13.8 Å². The van der Waals surface area contributed by atoms with E-state index in [1.54, 1.807) is 0 Å². The SMILES string of the molecule is CC(=O)/C=C(/C)[O-].O.O.[La+3]. The summed E-state index contributed by atoms with van der Waals surface area (Å²) >= 11 is 0. The molecule has 4 N–H and O–H groups in total. The molecule has 0 saturated carbocycles. The van der Waals surface area contributed by atoms with Crippen LogP contribution in [0.2, 0.25) is 0 Å². The van der Waals surface area contributed by atoms with Gasteiger partial charge in [-0.05, 0) is 13.0 Å². The first kappa shape index (κ1) is 22.4. The van der Waals surface area contributed by atoms with Crippen molar-refractivity contribution in [3.05, 3.63) is 11.8 Å². The summed E-state index contributed by atoms with van der Waals surface area (Å²) in [4.78, 5) is 9.98. The minimum Gasteiger partial charge on any atom is -0.876 e. The fourth-order valence-electron chi connectivity index (χ4n) is 0.286. The molecule has 0 radical (unpaired) electrons. The van der Waals surface area contributed by atoms with Gasteiger partial charge in [0.2, 0.25) is 0 Å². The molecular formula is C5H11LaO4+2. The van der Waals surface area contributed by atoms with Gasteiger partial charge in [-0.15, -0.1) is 5.76 Å². The zero-order valence-electron chi connectivity index (χ0n) is 5.97. The van der Waals surface area contributed by atoms with Gasteiger partial charge in [-0.3, -0.25) is 4.79 Å². The molecule has 10 heavy (non-hydrogen) atoms. The summed E-state index contributed by atoms with van der Waals surface area (Å²) in [5.41, 5.74) is 0. The van der Waals surface area contributed by atoms with Gasteiger partial charge in [0.25, 0.3) is 0 Å². The second-order valence-electron chi connectivity index (χ2n) is 1.37. The molecule has 5 heteroatoms. The average Bonchev–Trinajstić information content (AvgIpc) is 1.27. The molecule has 0 aromatic heterocycles. The molecule has 0 aliphatic carbocycles. The van der Waals surface area contributed by atoms with Gasteiger partial charge in [0.05, 0.1) is 0 Å². The number of allylic oxidation sites excluding steroid dienone is 2. The molecule has 0 saturated heterocycles. The minimum atomic E-state index is -0.187. The second kappa shape index (κ2) is 12.0. The van der Waals surface area contributed by atoms with Gasteiger partial charge in [0, 0.05) is 0 Å². The zero-order chi connectivity index (χ0) is 5.86. The van der Waals surface area contributed by atoms with E-state index in [-0.39, 0.29) is 58.1 Å². The molecule has 0 aliphatic heterocycles. The third-order valence-corrected chi connectivity index (χ3v) is 0.407. The molecule has 0 aliphatic rings. The van der Waals surface area contributed by atoms with Crippen molar-refractivity contribution >= 4 is 5.78 Å². The third-order valence-electron chi connectivity index (χ3n) is 0.407. The van der Waals surface area contributed by atoms with Crippen LogP contribution in [0.4, 0.5) is 0 Å². The summed E-state index contributed by atoms with van der Waals surface area (Å²) in [5, 5.41) is 9.98. The van der Waals surface area contributed by atoms with E-state index < -0.39 is 0 Å². The molecule has 0 unspecified atom stereocenters. The van der Waals surface area contributed by atoms with Gasteiger partial charge in [0.1, 0.15) is 0 Å². The number of rotatable bonds is 1. The van der Waals surface area contributed by atoms with Crippen LogP contribution >= 0.6 is 0 Å². The van der Waals surface area contributed by atoms with Crippen molar-refractivity contribution in [2.45, 2.75) is 13.8 Å². The van der Waals surface area contributed by atoms with Gasteiger partial charge >= 0.3 is 35.6 Å². The fraction of sp³-hybridized carbons (Fsp3) is 0.400. The summed E-state index contributed by atoms with van der Waals surface area (Å²) in [7, 11) is 0. The van der Waals surface area contributed by atoms with Crippen molar-refractivity contribution in [3.8, 4) is 0 Å². The maximum absolute atomic E-state index is 9.98. The normalized spacial score (nSPS) is 8.00.